The molecule has 1 saturated heterocycles. The molecule has 1 aliphatic rings. The number of ether oxygens (including phenoxy) is 1. The molecule has 0 radical (unpaired) electrons. The van der Waals surface area contributed by atoms with Crippen molar-refractivity contribution < 1.29 is 24.4 Å². The number of esters is 1. The van der Waals surface area contributed by atoms with E-state index in [9.17, 15) is 14.4 Å². The summed E-state index contributed by atoms with van der Waals surface area (Å²) in [6, 6.07) is 5.87. The van der Waals surface area contributed by atoms with Crippen LogP contribution in [0.5, 0.6) is 0 Å². The number of quaternary nitrogens is 1. The van der Waals surface area contributed by atoms with Crippen LogP contribution < -0.4 is 10.2 Å². The van der Waals surface area contributed by atoms with Gasteiger partial charge in [-0.15, -0.1) is 0 Å². The number of imide groups is 1. The fourth-order valence-electron chi connectivity index (χ4n) is 2.02. The summed E-state index contributed by atoms with van der Waals surface area (Å²) in [7, 11) is 1.28. The standard InChI is InChI=1S/C13H13ClN2O4/c1-20-12(18)7-15-10-6-11(17)16(13(10)19)9-4-2-8(14)3-5-9/h2-5,10,15H,6-7H2,1H3/p+1/t10-/m0/s1. The maximum Gasteiger partial charge on any atom is 0.361 e. The molecule has 0 spiro atoms. The SMILES string of the molecule is COC(=O)C[NH2+][C@H]1CC(=O)N(c2ccc(Cl)cc2)C1=O. The molecular formula is C13H14ClN2O4+. The number of hydrogen-bond donors (Lipinski definition) is 1. The van der Waals surface area contributed by atoms with E-state index in [1.165, 1.54) is 12.4 Å². The molecule has 2 N–H and O–H groups in total. The number of nitrogens with two attached hydrogens (primary N) is 1. The summed E-state index contributed by atoms with van der Waals surface area (Å²) in [4.78, 5) is 36.3. The van der Waals surface area contributed by atoms with Crippen LogP contribution in [0.15, 0.2) is 24.3 Å². The highest BCUT2D eigenvalue weighted by Crippen LogP contribution is 2.23. The molecule has 6 nitrogen and oxygen atoms in total. The lowest BCUT2D eigenvalue weighted by molar-refractivity contribution is -0.665. The lowest BCUT2D eigenvalue weighted by Crippen LogP contribution is -2.93. The fourth-order valence-corrected chi connectivity index (χ4v) is 2.15. The summed E-state index contributed by atoms with van der Waals surface area (Å²) in [5.74, 6) is -1.06. The van der Waals surface area contributed by atoms with Crippen molar-refractivity contribution in [3.63, 3.8) is 0 Å². The van der Waals surface area contributed by atoms with Gasteiger partial charge in [-0.1, -0.05) is 11.6 Å². The highest BCUT2D eigenvalue weighted by atomic mass is 35.5. The van der Waals surface area contributed by atoms with Gasteiger partial charge >= 0.3 is 5.97 Å². The van der Waals surface area contributed by atoms with Gasteiger partial charge in [-0.2, -0.15) is 0 Å². The number of halogens is 1. The predicted octanol–water partition coefficient (Wildman–Crippen LogP) is -0.292. The van der Waals surface area contributed by atoms with Gasteiger partial charge in [0, 0.05) is 5.02 Å². The Morgan fingerprint density at radius 2 is 2.05 bits per heavy atom. The first-order chi connectivity index (χ1) is 9.52. The van der Waals surface area contributed by atoms with Gasteiger partial charge in [0.05, 0.1) is 19.2 Å². The zero-order valence-electron chi connectivity index (χ0n) is 10.8. The van der Waals surface area contributed by atoms with E-state index in [1.54, 1.807) is 24.3 Å². The third-order valence-corrected chi connectivity index (χ3v) is 3.32. The van der Waals surface area contributed by atoms with E-state index >= 15 is 0 Å². The molecular weight excluding hydrogens is 284 g/mol. The Bertz CT molecular complexity index is 544. The van der Waals surface area contributed by atoms with Crippen LogP contribution in [0.4, 0.5) is 5.69 Å². The highest BCUT2D eigenvalue weighted by molar-refractivity contribution is 6.30. The van der Waals surface area contributed by atoms with Gasteiger partial charge in [0.15, 0.2) is 12.6 Å². The smallest absolute Gasteiger partial charge is 0.361 e. The Labute approximate surface area is 120 Å². The zero-order chi connectivity index (χ0) is 14.7. The summed E-state index contributed by atoms with van der Waals surface area (Å²) in [5, 5.41) is 2.05. The van der Waals surface area contributed by atoms with E-state index in [-0.39, 0.29) is 24.8 Å². The number of amides is 2. The summed E-state index contributed by atoms with van der Waals surface area (Å²) in [5.41, 5.74) is 0.485. The molecule has 0 aromatic heterocycles. The molecule has 0 saturated carbocycles. The monoisotopic (exact) mass is 297 g/mol. The molecule has 7 heteroatoms. The van der Waals surface area contributed by atoms with E-state index in [2.05, 4.69) is 4.74 Å². The average Bonchev–Trinajstić information content (AvgIpc) is 2.72. The van der Waals surface area contributed by atoms with Gasteiger partial charge in [0.2, 0.25) is 5.91 Å². The maximum atomic E-state index is 12.2. The molecule has 2 amide bonds. The molecule has 0 unspecified atom stereocenters. The maximum absolute atomic E-state index is 12.2. The number of anilines is 1. The Hall–Kier alpha value is -1.92. The van der Waals surface area contributed by atoms with Gasteiger partial charge < -0.3 is 10.1 Å². The second-order valence-electron chi connectivity index (χ2n) is 4.37. The van der Waals surface area contributed by atoms with Crippen LogP contribution in [0.3, 0.4) is 0 Å². The number of hydrogen-bond acceptors (Lipinski definition) is 4. The summed E-state index contributed by atoms with van der Waals surface area (Å²) < 4.78 is 4.50. The third-order valence-electron chi connectivity index (χ3n) is 3.06. The minimum absolute atomic E-state index is 0.00858. The molecule has 2 rings (SSSR count). The van der Waals surface area contributed by atoms with Crippen molar-refractivity contribution in [1.29, 1.82) is 0 Å². The van der Waals surface area contributed by atoms with E-state index in [1.807, 2.05) is 0 Å². The van der Waals surface area contributed by atoms with Crippen molar-refractivity contribution in [3.05, 3.63) is 29.3 Å². The number of benzene rings is 1. The summed E-state index contributed by atoms with van der Waals surface area (Å²) in [6.45, 7) is 0.00858. The second kappa shape index (κ2) is 6.02. The van der Waals surface area contributed by atoms with Crippen LogP contribution in [0.2, 0.25) is 5.02 Å². The first-order valence-electron chi connectivity index (χ1n) is 6.05. The Balaban J connectivity index is 2.09. The topological polar surface area (TPSA) is 80.3 Å². The van der Waals surface area contributed by atoms with E-state index < -0.39 is 12.0 Å². The van der Waals surface area contributed by atoms with E-state index in [0.29, 0.717) is 10.7 Å². The third kappa shape index (κ3) is 2.97. The lowest BCUT2D eigenvalue weighted by Gasteiger charge is -2.14. The molecule has 20 heavy (non-hydrogen) atoms. The minimum Gasteiger partial charge on any atom is -0.465 e. The quantitative estimate of drug-likeness (QED) is 0.612. The Morgan fingerprint density at radius 3 is 2.65 bits per heavy atom. The predicted molar refractivity (Wildman–Crippen MR) is 71.2 cm³/mol. The van der Waals surface area contributed by atoms with Gasteiger partial charge in [0.25, 0.3) is 5.91 Å². The van der Waals surface area contributed by atoms with Crippen molar-refractivity contribution in [2.24, 2.45) is 0 Å². The molecule has 1 fully saturated rings. The highest BCUT2D eigenvalue weighted by Gasteiger charge is 2.42. The van der Waals surface area contributed by atoms with Crippen molar-refractivity contribution >= 4 is 35.1 Å². The number of nitrogens with zero attached hydrogens (tertiary/aromatic N) is 1. The second-order valence-corrected chi connectivity index (χ2v) is 4.81. The average molecular weight is 298 g/mol. The van der Waals surface area contributed by atoms with Crippen molar-refractivity contribution in [1.82, 2.24) is 0 Å². The molecule has 1 aliphatic heterocycles. The van der Waals surface area contributed by atoms with Crippen LogP contribution in [-0.4, -0.2) is 37.5 Å². The molecule has 1 heterocycles. The van der Waals surface area contributed by atoms with Crippen molar-refractivity contribution in [2.45, 2.75) is 12.5 Å². The summed E-state index contributed by atoms with van der Waals surface area (Å²) >= 11 is 5.77. The molecule has 106 valence electrons. The van der Waals surface area contributed by atoms with Gasteiger partial charge in [-0.3, -0.25) is 9.59 Å². The molecule has 1 aromatic carbocycles. The van der Waals surface area contributed by atoms with Gasteiger partial charge in [0.1, 0.15) is 0 Å². The van der Waals surface area contributed by atoms with Crippen molar-refractivity contribution in [3.8, 4) is 0 Å². The Kier molecular flexibility index (Phi) is 4.36. The van der Waals surface area contributed by atoms with Gasteiger partial charge in [-0.05, 0) is 24.3 Å². The molecule has 0 bridgehead atoms. The zero-order valence-corrected chi connectivity index (χ0v) is 11.6. The largest absolute Gasteiger partial charge is 0.465 e. The van der Waals surface area contributed by atoms with Gasteiger partial charge in [-0.25, -0.2) is 9.69 Å². The van der Waals surface area contributed by atoms with E-state index in [0.717, 1.165) is 4.90 Å². The van der Waals surface area contributed by atoms with Crippen LogP contribution >= 0.6 is 11.6 Å². The normalized spacial score (nSPS) is 18.5. The molecule has 0 aliphatic carbocycles. The number of rotatable bonds is 4. The van der Waals surface area contributed by atoms with E-state index in [4.69, 9.17) is 11.6 Å². The van der Waals surface area contributed by atoms with Crippen LogP contribution in [0.1, 0.15) is 6.42 Å². The lowest BCUT2D eigenvalue weighted by atomic mass is 10.2. The Morgan fingerprint density at radius 1 is 1.40 bits per heavy atom. The first kappa shape index (κ1) is 14.5. The van der Waals surface area contributed by atoms with Crippen LogP contribution in [-0.2, 0) is 19.1 Å². The van der Waals surface area contributed by atoms with Crippen LogP contribution in [0, 0.1) is 0 Å². The molecule has 1 atom stereocenters. The number of carbonyl (C=O) groups is 3. The van der Waals surface area contributed by atoms with Crippen molar-refractivity contribution in [2.75, 3.05) is 18.6 Å². The molecule has 1 aromatic rings. The summed E-state index contributed by atoms with van der Waals surface area (Å²) in [6.07, 6.45) is 0.0679. The first-order valence-corrected chi connectivity index (χ1v) is 6.43. The fraction of sp³-hybridized carbons (Fsp3) is 0.308. The number of methoxy groups -OCH3 is 1. The number of carbonyl (C=O) groups excluding carboxylic acids is 3. The van der Waals surface area contributed by atoms with Crippen LogP contribution in [0.25, 0.3) is 0 Å². The minimum atomic E-state index is -0.586.